The first-order valence-electron chi connectivity index (χ1n) is 6.82. The van der Waals surface area contributed by atoms with Crippen molar-refractivity contribution in [1.82, 2.24) is 5.32 Å². The van der Waals surface area contributed by atoms with Gasteiger partial charge in [0.25, 0.3) is 0 Å². The molecule has 3 nitrogen and oxygen atoms in total. The van der Waals surface area contributed by atoms with E-state index in [0.29, 0.717) is 17.9 Å². The van der Waals surface area contributed by atoms with Crippen molar-refractivity contribution in [1.29, 1.82) is 0 Å². The van der Waals surface area contributed by atoms with E-state index in [1.54, 1.807) is 0 Å². The maximum absolute atomic E-state index is 5.92. The predicted molar refractivity (Wildman–Crippen MR) is 64.6 cm³/mol. The van der Waals surface area contributed by atoms with Gasteiger partial charge in [0.05, 0.1) is 12.7 Å². The smallest absolute Gasteiger partial charge is 0.0666 e. The van der Waals surface area contributed by atoms with Crippen LogP contribution in [-0.4, -0.2) is 39.0 Å². The van der Waals surface area contributed by atoms with E-state index in [1.165, 1.54) is 25.7 Å². The van der Waals surface area contributed by atoms with Crippen LogP contribution in [0.2, 0.25) is 0 Å². The van der Waals surface area contributed by atoms with Crippen LogP contribution in [-0.2, 0) is 9.47 Å². The summed E-state index contributed by atoms with van der Waals surface area (Å²) in [5.74, 6) is 1.35. The molecule has 0 aliphatic carbocycles. The second kappa shape index (κ2) is 6.58. The molecule has 0 amide bonds. The van der Waals surface area contributed by atoms with Crippen LogP contribution in [0.25, 0.3) is 0 Å². The van der Waals surface area contributed by atoms with Crippen molar-refractivity contribution in [3.8, 4) is 0 Å². The fourth-order valence-corrected chi connectivity index (χ4v) is 2.88. The van der Waals surface area contributed by atoms with Gasteiger partial charge in [0.2, 0.25) is 0 Å². The van der Waals surface area contributed by atoms with Gasteiger partial charge in [-0.15, -0.1) is 0 Å². The van der Waals surface area contributed by atoms with E-state index in [0.717, 1.165) is 32.9 Å². The van der Waals surface area contributed by atoms with Crippen LogP contribution in [0.15, 0.2) is 0 Å². The van der Waals surface area contributed by atoms with Crippen LogP contribution in [0, 0.1) is 11.8 Å². The first-order chi connectivity index (χ1) is 7.92. The largest absolute Gasteiger partial charge is 0.381 e. The van der Waals surface area contributed by atoms with Crippen molar-refractivity contribution in [2.75, 3.05) is 32.9 Å². The quantitative estimate of drug-likeness (QED) is 0.727. The fourth-order valence-electron chi connectivity index (χ4n) is 2.88. The van der Waals surface area contributed by atoms with Crippen LogP contribution < -0.4 is 5.32 Å². The van der Waals surface area contributed by atoms with E-state index in [1.807, 2.05) is 0 Å². The Morgan fingerprint density at radius 1 is 1.25 bits per heavy atom. The summed E-state index contributed by atoms with van der Waals surface area (Å²) < 4.78 is 11.5. The SMILES string of the molecule is CCCNCC1CCOC1C1CCCOC1. The van der Waals surface area contributed by atoms with Crippen molar-refractivity contribution in [2.24, 2.45) is 11.8 Å². The van der Waals surface area contributed by atoms with Crippen LogP contribution in [0.1, 0.15) is 32.6 Å². The number of ether oxygens (including phenoxy) is 2. The summed E-state index contributed by atoms with van der Waals surface area (Å²) in [7, 11) is 0. The number of rotatable bonds is 5. The minimum Gasteiger partial charge on any atom is -0.381 e. The lowest BCUT2D eigenvalue weighted by atomic mass is 9.87. The normalized spacial score (nSPS) is 35.4. The molecule has 0 saturated carbocycles. The molecule has 16 heavy (non-hydrogen) atoms. The fraction of sp³-hybridized carbons (Fsp3) is 1.00. The van der Waals surface area contributed by atoms with Crippen LogP contribution in [0.4, 0.5) is 0 Å². The average Bonchev–Trinajstić information content (AvgIpc) is 2.79. The van der Waals surface area contributed by atoms with Gasteiger partial charge in [0.1, 0.15) is 0 Å². The van der Waals surface area contributed by atoms with Gasteiger partial charge in [-0.25, -0.2) is 0 Å². The highest BCUT2D eigenvalue weighted by Crippen LogP contribution is 2.31. The molecule has 2 saturated heterocycles. The van der Waals surface area contributed by atoms with Gasteiger partial charge in [-0.2, -0.15) is 0 Å². The molecule has 3 atom stereocenters. The number of nitrogens with one attached hydrogen (secondary N) is 1. The molecule has 3 unspecified atom stereocenters. The summed E-state index contributed by atoms with van der Waals surface area (Å²) in [6, 6.07) is 0. The van der Waals surface area contributed by atoms with Crippen molar-refractivity contribution < 1.29 is 9.47 Å². The third kappa shape index (κ3) is 3.19. The maximum atomic E-state index is 5.92. The summed E-state index contributed by atoms with van der Waals surface area (Å²) in [4.78, 5) is 0. The molecule has 0 aromatic heterocycles. The van der Waals surface area contributed by atoms with Gasteiger partial charge in [0.15, 0.2) is 0 Å². The average molecular weight is 227 g/mol. The van der Waals surface area contributed by atoms with Crippen molar-refractivity contribution in [3.05, 3.63) is 0 Å². The molecule has 2 fully saturated rings. The molecular weight excluding hydrogens is 202 g/mol. The molecule has 0 aromatic carbocycles. The Kier molecular flexibility index (Phi) is 5.07. The van der Waals surface area contributed by atoms with Crippen molar-refractivity contribution in [3.63, 3.8) is 0 Å². The van der Waals surface area contributed by atoms with E-state index in [2.05, 4.69) is 12.2 Å². The molecule has 0 radical (unpaired) electrons. The minimum atomic E-state index is 0.449. The summed E-state index contributed by atoms with van der Waals surface area (Å²) >= 11 is 0. The van der Waals surface area contributed by atoms with Gasteiger partial charge in [-0.1, -0.05) is 6.92 Å². The van der Waals surface area contributed by atoms with Gasteiger partial charge in [0, 0.05) is 31.6 Å². The van der Waals surface area contributed by atoms with E-state index in [4.69, 9.17) is 9.47 Å². The lowest BCUT2D eigenvalue weighted by Gasteiger charge is -2.30. The van der Waals surface area contributed by atoms with Crippen LogP contribution in [0.5, 0.6) is 0 Å². The lowest BCUT2D eigenvalue weighted by Crippen LogP contribution is -2.37. The summed E-state index contributed by atoms with van der Waals surface area (Å²) in [6.07, 6.45) is 5.38. The number of hydrogen-bond acceptors (Lipinski definition) is 3. The van der Waals surface area contributed by atoms with E-state index >= 15 is 0 Å². The number of hydrogen-bond donors (Lipinski definition) is 1. The molecule has 1 N–H and O–H groups in total. The Balaban J connectivity index is 1.77. The standard InChI is InChI=1S/C13H25NO2/c1-2-6-14-9-11-5-8-16-13(11)12-4-3-7-15-10-12/h11-14H,2-10H2,1H3. The third-order valence-corrected chi connectivity index (χ3v) is 3.76. The molecular formula is C13H25NO2. The molecule has 3 heteroatoms. The Hall–Kier alpha value is -0.120. The highest BCUT2D eigenvalue weighted by molar-refractivity contribution is 4.84. The van der Waals surface area contributed by atoms with Crippen LogP contribution >= 0.6 is 0 Å². The third-order valence-electron chi connectivity index (χ3n) is 3.76. The van der Waals surface area contributed by atoms with Gasteiger partial charge < -0.3 is 14.8 Å². The summed E-state index contributed by atoms with van der Waals surface area (Å²) in [5, 5.41) is 3.53. The molecule has 2 aliphatic rings. The molecule has 2 rings (SSSR count). The minimum absolute atomic E-state index is 0.449. The lowest BCUT2D eigenvalue weighted by molar-refractivity contribution is -0.0335. The van der Waals surface area contributed by atoms with E-state index in [-0.39, 0.29) is 0 Å². The van der Waals surface area contributed by atoms with Crippen molar-refractivity contribution in [2.45, 2.75) is 38.7 Å². The van der Waals surface area contributed by atoms with E-state index in [9.17, 15) is 0 Å². The second-order valence-corrected chi connectivity index (χ2v) is 5.07. The monoisotopic (exact) mass is 227 g/mol. The van der Waals surface area contributed by atoms with Crippen molar-refractivity contribution >= 4 is 0 Å². The Morgan fingerprint density at radius 2 is 2.19 bits per heavy atom. The maximum Gasteiger partial charge on any atom is 0.0666 e. The zero-order valence-electron chi connectivity index (χ0n) is 10.4. The zero-order valence-corrected chi connectivity index (χ0v) is 10.4. The van der Waals surface area contributed by atoms with Gasteiger partial charge in [-0.3, -0.25) is 0 Å². The molecule has 0 bridgehead atoms. The van der Waals surface area contributed by atoms with E-state index < -0.39 is 0 Å². The summed E-state index contributed by atoms with van der Waals surface area (Å²) in [6.45, 7) is 7.26. The van der Waals surface area contributed by atoms with Gasteiger partial charge >= 0.3 is 0 Å². The molecule has 0 spiro atoms. The highest BCUT2D eigenvalue weighted by Gasteiger charge is 2.35. The Bertz CT molecular complexity index is 192. The Labute approximate surface area is 98.9 Å². The molecule has 2 aliphatic heterocycles. The second-order valence-electron chi connectivity index (χ2n) is 5.07. The molecule has 0 aromatic rings. The van der Waals surface area contributed by atoms with Crippen LogP contribution in [0.3, 0.4) is 0 Å². The molecule has 2 heterocycles. The summed E-state index contributed by atoms with van der Waals surface area (Å²) in [5.41, 5.74) is 0. The Morgan fingerprint density at radius 3 is 2.94 bits per heavy atom. The predicted octanol–water partition coefficient (Wildman–Crippen LogP) is 1.82. The van der Waals surface area contributed by atoms with Gasteiger partial charge in [-0.05, 0) is 32.2 Å². The first-order valence-corrected chi connectivity index (χ1v) is 6.82. The molecule has 94 valence electrons. The first kappa shape index (κ1) is 12.3. The topological polar surface area (TPSA) is 30.5 Å². The zero-order chi connectivity index (χ0) is 11.2. The highest BCUT2D eigenvalue weighted by atomic mass is 16.5.